The number of benzene rings is 1. The topological polar surface area (TPSA) is 53.6 Å². The van der Waals surface area contributed by atoms with Gasteiger partial charge >= 0.3 is 17.7 Å². The SMILES string of the molecule is COC(OC)[P+](=S)Sn1c(=O)oc2ccccc21. The molecule has 0 bridgehead atoms. The highest BCUT2D eigenvalue weighted by atomic mass is 32.9. The van der Waals surface area contributed by atoms with E-state index in [2.05, 4.69) is 0 Å². The van der Waals surface area contributed by atoms with Crippen LogP contribution < -0.4 is 5.76 Å². The Morgan fingerprint density at radius 1 is 1.39 bits per heavy atom. The predicted octanol–water partition coefficient (Wildman–Crippen LogP) is 2.53. The standard InChI is InChI=1S/C10H11NO4PS2/c1-13-10(14-2)16(17)18-11-7-5-3-4-6-8(7)15-9(11)12/h3-6,10H,1-2H3/q+1. The molecule has 1 aromatic heterocycles. The van der Waals surface area contributed by atoms with E-state index in [1.54, 1.807) is 12.1 Å². The summed E-state index contributed by atoms with van der Waals surface area (Å²) in [6.07, 6.45) is 0. The van der Waals surface area contributed by atoms with Crippen molar-refractivity contribution in [2.45, 2.75) is 6.03 Å². The van der Waals surface area contributed by atoms with Gasteiger partial charge in [-0.25, -0.2) is 4.79 Å². The van der Waals surface area contributed by atoms with Crippen LogP contribution in [0.3, 0.4) is 0 Å². The lowest BCUT2D eigenvalue weighted by molar-refractivity contribution is -0.0361. The normalized spacial score (nSPS) is 12.3. The Bertz CT molecular complexity index is 620. The third-order valence-corrected chi connectivity index (χ3v) is 6.23. The fourth-order valence-corrected chi connectivity index (χ4v) is 5.15. The maximum Gasteiger partial charge on any atom is 0.433 e. The monoisotopic (exact) mass is 304 g/mol. The van der Waals surface area contributed by atoms with Crippen molar-refractivity contribution >= 4 is 40.4 Å². The first kappa shape index (κ1) is 13.7. The van der Waals surface area contributed by atoms with Crippen molar-refractivity contribution in [3.05, 3.63) is 34.8 Å². The van der Waals surface area contributed by atoms with E-state index in [1.165, 1.54) is 29.8 Å². The number of oxazole rings is 1. The Balaban J connectivity index is 2.34. The number of hydrogen-bond donors (Lipinski definition) is 0. The van der Waals surface area contributed by atoms with E-state index in [1.807, 2.05) is 12.1 Å². The van der Waals surface area contributed by atoms with Gasteiger partial charge in [0.15, 0.2) is 17.4 Å². The van der Waals surface area contributed by atoms with Crippen molar-refractivity contribution in [3.63, 3.8) is 0 Å². The first-order valence-electron chi connectivity index (χ1n) is 4.98. The van der Waals surface area contributed by atoms with Crippen LogP contribution in [0.2, 0.25) is 0 Å². The third-order valence-electron chi connectivity index (χ3n) is 2.18. The Labute approximate surface area is 113 Å². The first-order chi connectivity index (χ1) is 8.67. The Kier molecular flexibility index (Phi) is 4.53. The fourth-order valence-electron chi connectivity index (χ4n) is 1.41. The van der Waals surface area contributed by atoms with Crippen molar-refractivity contribution in [2.24, 2.45) is 0 Å². The first-order valence-corrected chi connectivity index (χ1v) is 8.78. The molecule has 2 aromatic rings. The molecule has 1 atom stereocenters. The second-order valence-electron chi connectivity index (χ2n) is 3.28. The second-order valence-corrected chi connectivity index (χ2v) is 8.34. The molecule has 8 heteroatoms. The molecule has 1 heterocycles. The molecule has 18 heavy (non-hydrogen) atoms. The lowest BCUT2D eigenvalue weighted by atomic mass is 10.3. The van der Waals surface area contributed by atoms with Crippen molar-refractivity contribution in [3.8, 4) is 0 Å². The summed E-state index contributed by atoms with van der Waals surface area (Å²) in [4.78, 5) is 11.7. The molecule has 0 amide bonds. The number of nitrogens with zero attached hydrogens (tertiary/aromatic N) is 1. The molecule has 0 radical (unpaired) electrons. The Morgan fingerprint density at radius 3 is 2.72 bits per heavy atom. The van der Waals surface area contributed by atoms with Crippen LogP contribution in [0, 0.1) is 0 Å². The zero-order chi connectivity index (χ0) is 13.1. The lowest BCUT2D eigenvalue weighted by Crippen LogP contribution is -2.10. The summed E-state index contributed by atoms with van der Waals surface area (Å²) in [6.45, 7) is 0. The highest BCUT2D eigenvalue weighted by Crippen LogP contribution is 2.44. The fraction of sp³-hybridized carbons (Fsp3) is 0.300. The second kappa shape index (κ2) is 5.95. The van der Waals surface area contributed by atoms with Crippen molar-refractivity contribution in [2.75, 3.05) is 14.2 Å². The average molecular weight is 304 g/mol. The van der Waals surface area contributed by atoms with Gasteiger partial charge in [0.05, 0.1) is 0 Å². The van der Waals surface area contributed by atoms with E-state index < -0.39 is 17.7 Å². The summed E-state index contributed by atoms with van der Waals surface area (Å²) in [5, 5.41) is 0. The molecule has 0 saturated heterocycles. The maximum atomic E-state index is 11.7. The predicted molar refractivity (Wildman–Crippen MR) is 75.6 cm³/mol. The van der Waals surface area contributed by atoms with Crippen molar-refractivity contribution < 1.29 is 13.9 Å². The third kappa shape index (κ3) is 2.65. The molecule has 0 spiro atoms. The number of para-hydroxylation sites is 2. The molecule has 0 N–H and O–H groups in total. The molecular formula is C10H11NO4PS2+. The lowest BCUT2D eigenvalue weighted by Gasteiger charge is -2.02. The van der Waals surface area contributed by atoms with Gasteiger partial charge in [0.25, 0.3) is 0 Å². The van der Waals surface area contributed by atoms with E-state index in [-0.39, 0.29) is 0 Å². The molecule has 96 valence electrons. The molecule has 0 aliphatic heterocycles. The van der Waals surface area contributed by atoms with Crippen LogP contribution >= 0.6 is 17.5 Å². The number of fused-ring (bicyclic) bond motifs is 1. The smallest absolute Gasteiger partial charge is 0.407 e. The zero-order valence-electron chi connectivity index (χ0n) is 9.73. The number of rotatable bonds is 5. The largest absolute Gasteiger partial charge is 0.433 e. The van der Waals surface area contributed by atoms with Gasteiger partial charge < -0.3 is 13.9 Å². The van der Waals surface area contributed by atoms with E-state index in [0.717, 1.165) is 0 Å². The Morgan fingerprint density at radius 2 is 2.06 bits per heavy atom. The summed E-state index contributed by atoms with van der Waals surface area (Å²) in [7, 11) is 3.04. The Hall–Kier alpha value is -0.720. The quantitative estimate of drug-likeness (QED) is 0.625. The molecule has 0 aliphatic rings. The summed E-state index contributed by atoms with van der Waals surface area (Å²) in [6, 6.07) is 6.69. The highest BCUT2D eigenvalue weighted by Gasteiger charge is 2.30. The van der Waals surface area contributed by atoms with Crippen LogP contribution in [0.5, 0.6) is 0 Å². The van der Waals surface area contributed by atoms with E-state index in [0.29, 0.717) is 11.1 Å². The number of hydrogen-bond acceptors (Lipinski definition) is 6. The number of ether oxygens (including phenoxy) is 2. The van der Waals surface area contributed by atoms with Gasteiger partial charge in [-0.05, 0) is 12.1 Å². The van der Waals surface area contributed by atoms with Crippen LogP contribution in [0.1, 0.15) is 0 Å². The van der Waals surface area contributed by atoms with Gasteiger partial charge in [0.1, 0.15) is 5.52 Å². The van der Waals surface area contributed by atoms with Gasteiger partial charge in [0, 0.05) is 14.2 Å². The molecule has 2 rings (SSSR count). The van der Waals surface area contributed by atoms with Crippen LogP contribution in [0.4, 0.5) is 0 Å². The van der Waals surface area contributed by atoms with Gasteiger partial charge in [-0.2, -0.15) is 3.97 Å². The molecule has 1 unspecified atom stereocenters. The maximum absolute atomic E-state index is 11.7. The van der Waals surface area contributed by atoms with Gasteiger partial charge in [0.2, 0.25) is 11.6 Å². The van der Waals surface area contributed by atoms with E-state index in [9.17, 15) is 4.79 Å². The minimum Gasteiger partial charge on any atom is -0.407 e. The van der Waals surface area contributed by atoms with Crippen LogP contribution in [0.25, 0.3) is 11.1 Å². The summed E-state index contributed by atoms with van der Waals surface area (Å²) in [5.74, 6) is -1.57. The van der Waals surface area contributed by atoms with Gasteiger partial charge in [-0.1, -0.05) is 12.1 Å². The zero-order valence-corrected chi connectivity index (χ0v) is 12.3. The molecule has 0 aliphatic carbocycles. The van der Waals surface area contributed by atoms with E-state index in [4.69, 9.17) is 25.7 Å². The molecule has 0 saturated carbocycles. The number of methoxy groups -OCH3 is 2. The number of aromatic nitrogens is 1. The van der Waals surface area contributed by atoms with Crippen LogP contribution in [0.15, 0.2) is 33.5 Å². The van der Waals surface area contributed by atoms with Crippen molar-refractivity contribution in [1.82, 2.24) is 3.97 Å². The summed E-state index contributed by atoms with van der Waals surface area (Å²) >= 11 is 6.51. The van der Waals surface area contributed by atoms with Crippen LogP contribution in [-0.4, -0.2) is 24.2 Å². The summed E-state index contributed by atoms with van der Waals surface area (Å²) in [5.41, 5.74) is 1.25. The highest BCUT2D eigenvalue weighted by molar-refractivity contribution is 8.63. The molecule has 1 aromatic carbocycles. The van der Waals surface area contributed by atoms with E-state index >= 15 is 0 Å². The molecule has 5 nitrogen and oxygen atoms in total. The molecule has 0 fully saturated rings. The van der Waals surface area contributed by atoms with Crippen LogP contribution in [-0.2, 0) is 21.3 Å². The van der Waals surface area contributed by atoms with Gasteiger partial charge in [-0.15, -0.1) is 0 Å². The minimum atomic E-state index is -1.13. The van der Waals surface area contributed by atoms with Gasteiger partial charge in [-0.3, -0.25) is 0 Å². The minimum absolute atomic E-state index is 0.440. The van der Waals surface area contributed by atoms with Crippen molar-refractivity contribution in [1.29, 1.82) is 0 Å². The molecular weight excluding hydrogens is 293 g/mol. The summed E-state index contributed by atoms with van der Waals surface area (Å²) < 4.78 is 16.8. The average Bonchev–Trinajstić information content (AvgIpc) is 2.68.